The molecule has 18 heteroatoms. The van der Waals surface area contributed by atoms with Gasteiger partial charge in [0.15, 0.2) is 18.1 Å². The van der Waals surface area contributed by atoms with Crippen LogP contribution in [0.4, 0.5) is 24.5 Å². The van der Waals surface area contributed by atoms with Gasteiger partial charge in [0.05, 0.1) is 33.7 Å². The number of rotatable bonds is 9. The first-order chi connectivity index (χ1) is 23.2. The minimum Gasteiger partial charge on any atom is -0.490 e. The predicted molar refractivity (Wildman–Crippen MR) is 173 cm³/mol. The Morgan fingerprint density at radius 2 is 1.71 bits per heavy atom. The van der Waals surface area contributed by atoms with Gasteiger partial charge in [-0.05, 0) is 61.0 Å². The van der Waals surface area contributed by atoms with E-state index in [2.05, 4.69) is 10.3 Å². The highest BCUT2D eigenvalue weighted by Gasteiger charge is 2.57. The van der Waals surface area contributed by atoms with Crippen molar-refractivity contribution in [1.82, 2.24) is 4.98 Å². The third-order valence-corrected chi connectivity index (χ3v) is 11.1. The highest BCUT2D eigenvalue weighted by molar-refractivity contribution is 8.00. The van der Waals surface area contributed by atoms with Crippen molar-refractivity contribution in [3.05, 3.63) is 92.4 Å². The van der Waals surface area contributed by atoms with Crippen molar-refractivity contribution in [2.75, 3.05) is 23.4 Å². The minimum atomic E-state index is -4.83. The summed E-state index contributed by atoms with van der Waals surface area (Å²) >= 11 is 1.76. The smallest absolute Gasteiger partial charge is 0.418 e. The summed E-state index contributed by atoms with van der Waals surface area (Å²) in [4.78, 5) is 55.9. The second-order valence-corrected chi connectivity index (χ2v) is 14.6. The van der Waals surface area contributed by atoms with Gasteiger partial charge in [0.1, 0.15) is 5.25 Å². The summed E-state index contributed by atoms with van der Waals surface area (Å²) in [5.41, 5.74) is -0.998. The number of nitrogens with one attached hydrogen (secondary N) is 2. The molecule has 3 unspecified atom stereocenters. The Kier molecular flexibility index (Phi) is 9.08. The van der Waals surface area contributed by atoms with Gasteiger partial charge in [-0.2, -0.15) is 13.2 Å². The van der Waals surface area contributed by atoms with Gasteiger partial charge < -0.3 is 19.8 Å². The molecule has 12 nitrogen and oxygen atoms in total. The van der Waals surface area contributed by atoms with Gasteiger partial charge in [-0.3, -0.25) is 19.2 Å². The summed E-state index contributed by atoms with van der Waals surface area (Å²) < 4.78 is 76.3. The number of carbonyl (C=O) groups excluding carboxylic acids is 3. The Morgan fingerprint density at radius 3 is 2.39 bits per heavy atom. The van der Waals surface area contributed by atoms with Crippen molar-refractivity contribution in [1.29, 1.82) is 0 Å². The van der Waals surface area contributed by atoms with Crippen LogP contribution in [0.15, 0.2) is 81.4 Å². The third kappa shape index (κ3) is 6.68. The van der Waals surface area contributed by atoms with E-state index in [-0.39, 0.29) is 28.7 Å². The molecule has 3 amide bonds. The van der Waals surface area contributed by atoms with Crippen molar-refractivity contribution < 1.29 is 45.4 Å². The number of fused-ring (bicyclic) bond motifs is 2. The van der Waals surface area contributed by atoms with Crippen LogP contribution < -0.4 is 29.7 Å². The molecule has 0 spiro atoms. The molecule has 49 heavy (non-hydrogen) atoms. The van der Waals surface area contributed by atoms with Crippen LogP contribution in [0, 0.1) is 5.92 Å². The topological polar surface area (TPSA) is 178 Å². The van der Waals surface area contributed by atoms with Gasteiger partial charge in [0, 0.05) is 16.5 Å². The first-order valence-electron chi connectivity index (χ1n) is 14.4. The van der Waals surface area contributed by atoms with E-state index in [4.69, 9.17) is 14.6 Å². The lowest BCUT2D eigenvalue weighted by Gasteiger charge is -2.30. The number of aromatic nitrogens is 1. The Bertz CT molecular complexity index is 2130. The number of aromatic amines is 1. The van der Waals surface area contributed by atoms with Gasteiger partial charge in [0.2, 0.25) is 21.8 Å². The molecule has 6 rings (SSSR count). The molecule has 3 atom stereocenters. The number of sulfonamides is 1. The van der Waals surface area contributed by atoms with Crippen LogP contribution in [-0.2, 0) is 30.6 Å². The number of thioether (sulfide) groups is 1. The van der Waals surface area contributed by atoms with Gasteiger partial charge >= 0.3 is 11.0 Å². The average molecular weight is 735 g/mol. The number of hydrogen-bond acceptors (Lipinski definition) is 10. The number of halogens is 3. The average Bonchev–Trinajstić information content (AvgIpc) is 3.53. The van der Waals surface area contributed by atoms with Gasteiger partial charge in [0.25, 0.3) is 5.91 Å². The number of para-hydroxylation sites is 1. The number of nitrogens with zero attached hydrogens (tertiary/aromatic N) is 1. The molecule has 2 aliphatic rings. The summed E-state index contributed by atoms with van der Waals surface area (Å²) in [6.07, 6.45) is -4.83. The van der Waals surface area contributed by atoms with Crippen LogP contribution in [0.5, 0.6) is 11.5 Å². The zero-order chi connectivity index (χ0) is 35.2. The lowest BCUT2D eigenvalue weighted by molar-refractivity contribution is -0.137. The number of anilines is 2. The number of thiazole rings is 1. The Morgan fingerprint density at radius 1 is 1.00 bits per heavy atom. The molecular formula is C31H25F3N4O8S3. The SMILES string of the molecule is CCOc1cc(C2c3sc(=O)[nH]c3SC3C(=O)N(c4ccccc4C(F)(F)F)C(=O)C32)ccc1OCC(=O)Nc1ccc(S(N)(=O)=O)cc1. The van der Waals surface area contributed by atoms with E-state index < -0.39 is 73.7 Å². The van der Waals surface area contributed by atoms with E-state index in [1.807, 2.05) is 0 Å². The lowest BCUT2D eigenvalue weighted by atomic mass is 9.83. The number of imide groups is 1. The van der Waals surface area contributed by atoms with Gasteiger partial charge in [-0.25, -0.2) is 18.5 Å². The molecule has 0 aliphatic carbocycles. The first-order valence-corrected chi connectivity index (χ1v) is 17.7. The molecule has 3 heterocycles. The van der Waals surface area contributed by atoms with Crippen molar-refractivity contribution in [3.63, 3.8) is 0 Å². The summed E-state index contributed by atoms with van der Waals surface area (Å²) in [5, 5.41) is 6.86. The van der Waals surface area contributed by atoms with E-state index in [9.17, 15) is 40.8 Å². The second kappa shape index (κ2) is 13.0. The summed E-state index contributed by atoms with van der Waals surface area (Å²) in [5.74, 6) is -4.04. The van der Waals surface area contributed by atoms with E-state index >= 15 is 0 Å². The zero-order valence-corrected chi connectivity index (χ0v) is 27.6. The number of amides is 3. The van der Waals surface area contributed by atoms with Crippen LogP contribution in [0.1, 0.15) is 28.8 Å². The van der Waals surface area contributed by atoms with E-state index in [0.29, 0.717) is 20.4 Å². The van der Waals surface area contributed by atoms with Crippen molar-refractivity contribution in [2.24, 2.45) is 11.1 Å². The fraction of sp³-hybridized carbons (Fsp3) is 0.226. The van der Waals surface area contributed by atoms with Crippen molar-refractivity contribution in [2.45, 2.75) is 34.2 Å². The lowest BCUT2D eigenvalue weighted by Crippen LogP contribution is -2.33. The molecule has 0 bridgehead atoms. The Balaban J connectivity index is 1.30. The fourth-order valence-corrected chi connectivity index (χ4v) is 8.73. The first kappa shape index (κ1) is 34.2. The largest absolute Gasteiger partial charge is 0.490 e. The molecule has 1 aromatic heterocycles. The number of carbonyl (C=O) groups is 3. The summed E-state index contributed by atoms with van der Waals surface area (Å²) in [6, 6.07) is 14.1. The predicted octanol–water partition coefficient (Wildman–Crippen LogP) is 4.31. The number of H-pyrrole nitrogens is 1. The fourth-order valence-electron chi connectivity index (χ4n) is 5.70. The molecule has 0 saturated carbocycles. The minimum absolute atomic E-state index is 0.132. The zero-order valence-electron chi connectivity index (χ0n) is 25.1. The van der Waals surface area contributed by atoms with Crippen LogP contribution in [0.25, 0.3) is 0 Å². The number of primary sulfonamides is 1. The van der Waals surface area contributed by atoms with E-state index in [1.165, 1.54) is 42.5 Å². The maximum absolute atomic E-state index is 14.0. The summed E-state index contributed by atoms with van der Waals surface area (Å²) in [7, 11) is -3.91. The van der Waals surface area contributed by atoms with E-state index in [0.717, 1.165) is 35.2 Å². The molecule has 1 saturated heterocycles. The number of nitrogens with two attached hydrogens (primary N) is 1. The van der Waals surface area contributed by atoms with Crippen molar-refractivity contribution in [3.8, 4) is 11.5 Å². The number of ether oxygens (including phenoxy) is 2. The maximum Gasteiger partial charge on any atom is 0.418 e. The standard InChI is InChI=1S/C31H25F3N4O8S3/c1-2-45-21-13-15(7-12-20(21)46-14-22(39)36-16-8-10-17(11-9-16)49(35,43)44)23-24-26(47-27-25(23)48-30(42)37-27)29(41)38(28(24)40)19-6-4-3-5-18(19)31(32,33)34/h3-13,23-24,26H,2,14H2,1H3,(H,36,39)(H,37,42)(H2,35,43,44). The molecule has 1 fully saturated rings. The molecule has 3 aromatic carbocycles. The number of benzene rings is 3. The highest BCUT2D eigenvalue weighted by Crippen LogP contribution is 2.54. The maximum atomic E-state index is 14.0. The Labute approximate surface area is 284 Å². The third-order valence-electron chi connectivity index (χ3n) is 7.73. The quantitative estimate of drug-likeness (QED) is 0.212. The van der Waals surface area contributed by atoms with Crippen LogP contribution in [-0.4, -0.2) is 49.6 Å². The van der Waals surface area contributed by atoms with E-state index in [1.54, 1.807) is 19.1 Å². The van der Waals surface area contributed by atoms with Crippen molar-refractivity contribution >= 4 is 62.2 Å². The Hall–Kier alpha value is -4.65. The highest BCUT2D eigenvalue weighted by atomic mass is 32.2. The van der Waals surface area contributed by atoms with Gasteiger partial charge in [-0.15, -0.1) is 0 Å². The number of alkyl halides is 3. The molecule has 2 aliphatic heterocycles. The van der Waals surface area contributed by atoms with Crippen LogP contribution >= 0.6 is 23.1 Å². The number of hydrogen-bond donors (Lipinski definition) is 3. The van der Waals surface area contributed by atoms with Gasteiger partial charge in [-0.1, -0.05) is 41.3 Å². The molecule has 4 aromatic rings. The normalized spacial score (nSPS) is 19.0. The molecule has 256 valence electrons. The molecule has 0 radical (unpaired) electrons. The summed E-state index contributed by atoms with van der Waals surface area (Å²) in [6.45, 7) is 1.38. The second-order valence-electron chi connectivity index (χ2n) is 10.8. The monoisotopic (exact) mass is 734 g/mol. The molecular weight excluding hydrogens is 710 g/mol. The molecule has 4 N–H and O–H groups in total. The van der Waals surface area contributed by atoms with Crippen LogP contribution in [0.3, 0.4) is 0 Å². The van der Waals surface area contributed by atoms with Crippen LogP contribution in [0.2, 0.25) is 0 Å².